The summed E-state index contributed by atoms with van der Waals surface area (Å²) in [5.74, 6) is 0. The molecular formula is C77H54N2. The largest absolute Gasteiger partial charge is 0.309 e. The molecule has 1 spiro atoms. The first-order valence-electron chi connectivity index (χ1n) is 28.0. The van der Waals surface area contributed by atoms with Gasteiger partial charge in [-0.2, -0.15) is 0 Å². The molecule has 2 nitrogen and oxygen atoms in total. The van der Waals surface area contributed by atoms with Crippen molar-refractivity contribution in [1.82, 2.24) is 4.57 Å². The summed E-state index contributed by atoms with van der Waals surface area (Å²) in [4.78, 5) is 2.55. The highest BCUT2D eigenvalue weighted by molar-refractivity contribution is 6.21. The van der Waals surface area contributed by atoms with Crippen molar-refractivity contribution in [3.63, 3.8) is 0 Å². The van der Waals surface area contributed by atoms with Gasteiger partial charge in [0.25, 0.3) is 0 Å². The molecule has 0 unspecified atom stereocenters. The van der Waals surface area contributed by atoms with Crippen LogP contribution in [0.2, 0.25) is 0 Å². The first-order valence-corrected chi connectivity index (χ1v) is 28.0. The van der Waals surface area contributed by atoms with Crippen LogP contribution in [-0.2, 0) is 5.41 Å². The zero-order valence-electron chi connectivity index (χ0n) is 43.8. The lowest BCUT2D eigenvalue weighted by atomic mass is 9.73. The summed E-state index contributed by atoms with van der Waals surface area (Å²) in [6, 6.07) is 104. The Morgan fingerprint density at radius 1 is 0.316 bits per heavy atom. The molecule has 13 aromatic rings. The van der Waals surface area contributed by atoms with E-state index in [0.717, 1.165) is 52.2 Å². The minimum Gasteiger partial charge on any atom is -0.309 e. The molecule has 16 rings (SSSR count). The minimum atomic E-state index is -0.0830. The fourth-order valence-corrected chi connectivity index (χ4v) is 14.3. The molecule has 2 heterocycles. The van der Waals surface area contributed by atoms with E-state index in [1.165, 1.54) is 118 Å². The highest BCUT2D eigenvalue weighted by Gasteiger charge is 2.49. The molecular weight excluding hydrogens is 953 g/mol. The van der Waals surface area contributed by atoms with Crippen molar-refractivity contribution in [3.05, 3.63) is 290 Å². The van der Waals surface area contributed by atoms with E-state index in [1.54, 1.807) is 0 Å². The first kappa shape index (κ1) is 45.4. The van der Waals surface area contributed by atoms with E-state index in [0.29, 0.717) is 0 Å². The summed E-state index contributed by atoms with van der Waals surface area (Å²) in [5.41, 5.74) is 29.9. The molecule has 3 aliphatic rings. The van der Waals surface area contributed by atoms with Crippen molar-refractivity contribution in [1.29, 1.82) is 0 Å². The third kappa shape index (κ3) is 7.04. The lowest BCUT2D eigenvalue weighted by Gasteiger charge is -2.32. The van der Waals surface area contributed by atoms with Crippen molar-refractivity contribution in [2.24, 2.45) is 0 Å². The number of hydrogen-bond acceptors (Lipinski definition) is 1. The fourth-order valence-electron chi connectivity index (χ4n) is 14.3. The van der Waals surface area contributed by atoms with Crippen molar-refractivity contribution < 1.29 is 0 Å². The molecule has 0 atom stereocenters. The standard InChI is InChI=1S/C77H54N2/c1-5-24-51(25-6-1)57-47-58(52-26-7-2-8-27-52)49-59(48-57)78(71-43-23-37-61(53-28-9-3-10-29-53)72(71)54-30-11-4-12-31-54)68-40-16-13-34-60(68)55-32-21-33-56(46-55)65-50-66-63-36-15-18-42-70(63)79-69-41-17-14-35-62(69)64-38-22-39-67-73(64)74(76(66)79)75(65)77(67)44-19-20-45-77/h1-18,21-43,46-50H,19-20,44-45H2. The monoisotopic (exact) mass is 1010 g/mol. The quantitative estimate of drug-likeness (QED) is 0.140. The second kappa shape index (κ2) is 18.2. The fraction of sp³-hybridized carbons (Fsp3) is 0.0649. The van der Waals surface area contributed by atoms with Crippen molar-refractivity contribution in [2.45, 2.75) is 31.1 Å². The maximum absolute atomic E-state index is 2.61. The molecule has 1 aliphatic heterocycles. The van der Waals surface area contributed by atoms with Crippen LogP contribution in [0.3, 0.4) is 0 Å². The molecule has 1 aromatic heterocycles. The SMILES string of the molecule is c1ccc(-c2cc(-c3ccccc3)cc(N(c3ccccc3-c3cccc(-c4cc5c6ccccc6n6c5c5c4C4(CCCC4)c4cccc(c4-5)-c4ccccc4-6)c3)c3cccc(-c4ccccc4)c3-c3ccccc3)c2)cc1. The van der Waals surface area contributed by atoms with E-state index in [1.807, 2.05) is 0 Å². The van der Waals surface area contributed by atoms with Gasteiger partial charge < -0.3 is 9.47 Å². The molecule has 0 saturated heterocycles. The summed E-state index contributed by atoms with van der Waals surface area (Å²) >= 11 is 0. The minimum absolute atomic E-state index is 0.0830. The van der Waals surface area contributed by atoms with Crippen molar-refractivity contribution in [2.75, 3.05) is 4.90 Å². The Bertz CT molecular complexity index is 4470. The summed E-state index contributed by atoms with van der Waals surface area (Å²) < 4.78 is 2.61. The van der Waals surface area contributed by atoms with E-state index < -0.39 is 0 Å². The van der Waals surface area contributed by atoms with Gasteiger partial charge in [0.05, 0.1) is 28.1 Å². The molecule has 12 aromatic carbocycles. The van der Waals surface area contributed by atoms with E-state index >= 15 is 0 Å². The number of anilines is 3. The van der Waals surface area contributed by atoms with Gasteiger partial charge >= 0.3 is 0 Å². The van der Waals surface area contributed by atoms with Crippen LogP contribution in [0.5, 0.6) is 0 Å². The Balaban J connectivity index is 0.967. The Kier molecular flexibility index (Phi) is 10.5. The van der Waals surface area contributed by atoms with Crippen LogP contribution in [-0.4, -0.2) is 4.57 Å². The third-order valence-corrected chi connectivity index (χ3v) is 17.6. The van der Waals surface area contributed by atoms with Crippen LogP contribution in [0.15, 0.2) is 279 Å². The van der Waals surface area contributed by atoms with Crippen LogP contribution < -0.4 is 4.90 Å². The average Bonchev–Trinajstić information content (AvgIpc) is 3.07. The number of hydrogen-bond donors (Lipinski definition) is 0. The zero-order chi connectivity index (χ0) is 52.0. The molecule has 1 fully saturated rings. The topological polar surface area (TPSA) is 8.17 Å². The first-order chi connectivity index (χ1) is 39.2. The van der Waals surface area contributed by atoms with E-state index in [2.05, 4.69) is 289 Å². The number of rotatable bonds is 9. The normalized spacial score (nSPS) is 13.5. The summed E-state index contributed by atoms with van der Waals surface area (Å²) in [7, 11) is 0. The van der Waals surface area contributed by atoms with Gasteiger partial charge in [0.1, 0.15) is 0 Å². The number of nitrogens with zero attached hydrogens (tertiary/aromatic N) is 2. The summed E-state index contributed by atoms with van der Waals surface area (Å²) in [6.07, 6.45) is 4.73. The molecule has 2 aliphatic carbocycles. The Morgan fingerprint density at radius 2 is 0.835 bits per heavy atom. The van der Waals surface area contributed by atoms with E-state index in [-0.39, 0.29) is 5.41 Å². The average molecular weight is 1010 g/mol. The van der Waals surface area contributed by atoms with Gasteiger partial charge in [-0.1, -0.05) is 237 Å². The Morgan fingerprint density at radius 3 is 1.56 bits per heavy atom. The Labute approximate surface area is 461 Å². The predicted octanol–water partition coefficient (Wildman–Crippen LogP) is 21.1. The number of para-hydroxylation sites is 3. The second-order valence-corrected chi connectivity index (χ2v) is 21.8. The summed E-state index contributed by atoms with van der Waals surface area (Å²) in [5, 5.41) is 2.61. The predicted molar refractivity (Wildman–Crippen MR) is 332 cm³/mol. The van der Waals surface area contributed by atoms with Gasteiger partial charge in [0.15, 0.2) is 0 Å². The van der Waals surface area contributed by atoms with Crippen LogP contribution in [0, 0.1) is 0 Å². The second-order valence-electron chi connectivity index (χ2n) is 21.8. The highest BCUT2D eigenvalue weighted by atomic mass is 15.1. The maximum Gasteiger partial charge on any atom is 0.0623 e. The third-order valence-electron chi connectivity index (χ3n) is 17.6. The van der Waals surface area contributed by atoms with E-state index in [4.69, 9.17) is 0 Å². The van der Waals surface area contributed by atoms with Gasteiger partial charge in [0.2, 0.25) is 0 Å². The number of fused-ring (bicyclic) bond motifs is 8. The number of aromatic nitrogens is 1. The maximum atomic E-state index is 2.61. The van der Waals surface area contributed by atoms with Crippen molar-refractivity contribution >= 4 is 38.9 Å². The molecule has 1 saturated carbocycles. The van der Waals surface area contributed by atoms with Gasteiger partial charge in [-0.3, -0.25) is 0 Å². The lowest BCUT2D eigenvalue weighted by Crippen LogP contribution is -2.21. The molecule has 0 amide bonds. The van der Waals surface area contributed by atoms with Gasteiger partial charge in [-0.25, -0.2) is 0 Å². The molecule has 2 heteroatoms. The van der Waals surface area contributed by atoms with Crippen LogP contribution in [0.4, 0.5) is 17.1 Å². The van der Waals surface area contributed by atoms with E-state index in [9.17, 15) is 0 Å². The molecule has 0 N–H and O–H groups in total. The van der Waals surface area contributed by atoms with Gasteiger partial charge in [0, 0.05) is 44.1 Å². The van der Waals surface area contributed by atoms with Gasteiger partial charge in [-0.15, -0.1) is 0 Å². The van der Waals surface area contributed by atoms with Crippen LogP contribution in [0.25, 0.3) is 117 Å². The van der Waals surface area contributed by atoms with Gasteiger partial charge in [-0.05, 0) is 145 Å². The molecule has 0 radical (unpaired) electrons. The van der Waals surface area contributed by atoms with Crippen LogP contribution >= 0.6 is 0 Å². The molecule has 0 bridgehead atoms. The lowest BCUT2D eigenvalue weighted by molar-refractivity contribution is 0.551. The molecule has 79 heavy (non-hydrogen) atoms. The number of benzene rings is 12. The van der Waals surface area contributed by atoms with Crippen LogP contribution in [0.1, 0.15) is 36.8 Å². The van der Waals surface area contributed by atoms with Crippen molar-refractivity contribution in [3.8, 4) is 94.7 Å². The Hall–Kier alpha value is -9.76. The zero-order valence-corrected chi connectivity index (χ0v) is 43.8. The summed E-state index contributed by atoms with van der Waals surface area (Å²) in [6.45, 7) is 0. The highest BCUT2D eigenvalue weighted by Crippen LogP contribution is 2.65. The molecule has 372 valence electrons. The smallest absolute Gasteiger partial charge is 0.0623 e.